The molecule has 0 unspecified atom stereocenters. The molecule has 140 valence electrons. The van der Waals surface area contributed by atoms with Crippen molar-refractivity contribution in [1.29, 1.82) is 0 Å². The normalized spacial score (nSPS) is 12.8. The average Bonchev–Trinajstić information content (AvgIpc) is 3.01. The van der Waals surface area contributed by atoms with Crippen molar-refractivity contribution >= 4 is 17.5 Å². The van der Waals surface area contributed by atoms with E-state index in [4.69, 9.17) is 0 Å². The van der Waals surface area contributed by atoms with E-state index in [1.165, 1.54) is 5.56 Å². The SMILES string of the molecule is Cc1cccc(CNC(=O)c2ccc3c(c2)CC(=O)N3Cc2ccccc2)c1. The van der Waals surface area contributed by atoms with Gasteiger partial charge in [0, 0.05) is 17.8 Å². The van der Waals surface area contributed by atoms with Gasteiger partial charge in [-0.15, -0.1) is 0 Å². The second-order valence-corrected chi connectivity index (χ2v) is 7.16. The highest BCUT2D eigenvalue weighted by Crippen LogP contribution is 2.31. The van der Waals surface area contributed by atoms with Crippen LogP contribution in [0, 0.1) is 6.92 Å². The monoisotopic (exact) mass is 370 g/mol. The van der Waals surface area contributed by atoms with Gasteiger partial charge in [0.1, 0.15) is 0 Å². The van der Waals surface area contributed by atoms with Crippen molar-refractivity contribution in [2.45, 2.75) is 26.4 Å². The summed E-state index contributed by atoms with van der Waals surface area (Å²) in [6.45, 7) is 3.06. The number of hydrogen-bond donors (Lipinski definition) is 1. The number of carbonyl (C=O) groups excluding carboxylic acids is 2. The molecule has 0 atom stereocenters. The second-order valence-electron chi connectivity index (χ2n) is 7.16. The zero-order valence-electron chi connectivity index (χ0n) is 15.8. The van der Waals surface area contributed by atoms with Crippen molar-refractivity contribution in [3.05, 3.63) is 101 Å². The molecule has 3 aromatic carbocycles. The van der Waals surface area contributed by atoms with Crippen LogP contribution in [-0.4, -0.2) is 11.8 Å². The third-order valence-corrected chi connectivity index (χ3v) is 4.99. The molecule has 1 N–H and O–H groups in total. The molecule has 3 aromatic rings. The maximum absolute atomic E-state index is 12.5. The van der Waals surface area contributed by atoms with Gasteiger partial charge in [0.15, 0.2) is 0 Å². The number of nitrogens with zero attached hydrogens (tertiary/aromatic N) is 1. The van der Waals surface area contributed by atoms with Gasteiger partial charge in [-0.05, 0) is 41.8 Å². The number of anilines is 1. The summed E-state index contributed by atoms with van der Waals surface area (Å²) in [6, 6.07) is 23.5. The third-order valence-electron chi connectivity index (χ3n) is 4.99. The number of rotatable bonds is 5. The highest BCUT2D eigenvalue weighted by molar-refractivity contribution is 6.03. The van der Waals surface area contributed by atoms with E-state index in [1.807, 2.05) is 67.6 Å². The molecule has 1 heterocycles. The van der Waals surface area contributed by atoms with Gasteiger partial charge in [0.25, 0.3) is 5.91 Å². The number of nitrogens with one attached hydrogen (secondary N) is 1. The Labute approximate surface area is 164 Å². The molecular weight excluding hydrogens is 348 g/mol. The minimum atomic E-state index is -0.127. The quantitative estimate of drug-likeness (QED) is 0.738. The van der Waals surface area contributed by atoms with Crippen molar-refractivity contribution in [2.24, 2.45) is 0 Å². The Morgan fingerprint density at radius 3 is 2.54 bits per heavy atom. The number of amides is 2. The van der Waals surface area contributed by atoms with Gasteiger partial charge in [-0.1, -0.05) is 60.2 Å². The summed E-state index contributed by atoms with van der Waals surface area (Å²) in [6.07, 6.45) is 0.334. The predicted molar refractivity (Wildman–Crippen MR) is 110 cm³/mol. The highest BCUT2D eigenvalue weighted by Gasteiger charge is 2.28. The maximum Gasteiger partial charge on any atom is 0.251 e. The van der Waals surface area contributed by atoms with Crippen LogP contribution < -0.4 is 10.2 Å². The zero-order chi connectivity index (χ0) is 19.5. The van der Waals surface area contributed by atoms with Crippen molar-refractivity contribution < 1.29 is 9.59 Å². The van der Waals surface area contributed by atoms with Crippen LogP contribution in [-0.2, 0) is 24.3 Å². The summed E-state index contributed by atoms with van der Waals surface area (Å²) in [5, 5.41) is 2.96. The molecule has 0 spiro atoms. The van der Waals surface area contributed by atoms with Crippen LogP contribution in [0.1, 0.15) is 32.6 Å². The summed E-state index contributed by atoms with van der Waals surface area (Å²) in [5.74, 6) is -0.0607. The first-order valence-corrected chi connectivity index (χ1v) is 9.41. The molecule has 28 heavy (non-hydrogen) atoms. The minimum absolute atomic E-state index is 0.0659. The minimum Gasteiger partial charge on any atom is -0.348 e. The summed E-state index contributed by atoms with van der Waals surface area (Å²) in [7, 11) is 0. The van der Waals surface area contributed by atoms with E-state index in [0.29, 0.717) is 25.1 Å². The van der Waals surface area contributed by atoms with Crippen molar-refractivity contribution in [2.75, 3.05) is 4.90 Å². The Morgan fingerprint density at radius 2 is 1.75 bits per heavy atom. The van der Waals surface area contributed by atoms with Crippen LogP contribution in [0.3, 0.4) is 0 Å². The molecule has 0 bridgehead atoms. The lowest BCUT2D eigenvalue weighted by molar-refractivity contribution is -0.117. The van der Waals surface area contributed by atoms with Gasteiger partial charge >= 0.3 is 0 Å². The largest absolute Gasteiger partial charge is 0.348 e. The molecule has 0 aliphatic carbocycles. The molecule has 4 nitrogen and oxygen atoms in total. The second kappa shape index (κ2) is 7.69. The number of aryl methyl sites for hydroxylation is 1. The highest BCUT2D eigenvalue weighted by atomic mass is 16.2. The van der Waals surface area contributed by atoms with Crippen LogP contribution in [0.25, 0.3) is 0 Å². The number of fused-ring (bicyclic) bond motifs is 1. The standard InChI is InChI=1S/C24H22N2O2/c1-17-6-5-9-19(12-17)15-25-24(28)20-10-11-22-21(13-20)14-23(27)26(22)16-18-7-3-2-4-8-18/h2-13H,14-16H2,1H3,(H,25,28). The predicted octanol–water partition coefficient (Wildman–Crippen LogP) is 4.01. The molecule has 4 rings (SSSR count). The maximum atomic E-state index is 12.5. The Morgan fingerprint density at radius 1 is 0.964 bits per heavy atom. The lowest BCUT2D eigenvalue weighted by Crippen LogP contribution is -2.26. The topological polar surface area (TPSA) is 49.4 Å². The Kier molecular flexibility index (Phi) is 4.94. The van der Waals surface area contributed by atoms with E-state index in [-0.39, 0.29) is 11.8 Å². The molecule has 2 amide bonds. The van der Waals surface area contributed by atoms with Gasteiger partial charge in [0.05, 0.1) is 13.0 Å². The summed E-state index contributed by atoms with van der Waals surface area (Å²) in [4.78, 5) is 26.8. The molecule has 1 aliphatic heterocycles. The van der Waals surface area contributed by atoms with Gasteiger partial charge in [-0.3, -0.25) is 9.59 Å². The molecule has 4 heteroatoms. The van der Waals surface area contributed by atoms with Crippen LogP contribution in [0.15, 0.2) is 72.8 Å². The fourth-order valence-electron chi connectivity index (χ4n) is 3.57. The number of carbonyl (C=O) groups is 2. The van der Waals surface area contributed by atoms with Gasteiger partial charge in [0.2, 0.25) is 5.91 Å². The molecule has 0 saturated heterocycles. The molecule has 0 fully saturated rings. The fraction of sp³-hybridized carbons (Fsp3) is 0.167. The fourth-order valence-corrected chi connectivity index (χ4v) is 3.57. The first-order valence-electron chi connectivity index (χ1n) is 9.41. The summed E-state index contributed by atoms with van der Waals surface area (Å²) < 4.78 is 0. The lowest BCUT2D eigenvalue weighted by atomic mass is 10.1. The smallest absolute Gasteiger partial charge is 0.251 e. The van der Waals surface area contributed by atoms with Crippen LogP contribution >= 0.6 is 0 Å². The van der Waals surface area contributed by atoms with Crippen LogP contribution in [0.5, 0.6) is 0 Å². The van der Waals surface area contributed by atoms with E-state index in [9.17, 15) is 9.59 Å². The average molecular weight is 370 g/mol. The van der Waals surface area contributed by atoms with Crippen molar-refractivity contribution in [3.63, 3.8) is 0 Å². The zero-order valence-corrected chi connectivity index (χ0v) is 15.8. The van der Waals surface area contributed by atoms with Gasteiger partial charge in [-0.2, -0.15) is 0 Å². The van der Waals surface area contributed by atoms with E-state index in [0.717, 1.165) is 22.4 Å². The number of hydrogen-bond acceptors (Lipinski definition) is 2. The van der Waals surface area contributed by atoms with E-state index >= 15 is 0 Å². The van der Waals surface area contributed by atoms with Crippen molar-refractivity contribution in [1.82, 2.24) is 5.32 Å². The Hall–Kier alpha value is -3.40. The van der Waals surface area contributed by atoms with E-state index in [2.05, 4.69) is 11.4 Å². The summed E-state index contributed by atoms with van der Waals surface area (Å²) >= 11 is 0. The first-order chi connectivity index (χ1) is 13.6. The number of benzene rings is 3. The van der Waals surface area contributed by atoms with E-state index in [1.54, 1.807) is 11.0 Å². The Bertz CT molecular complexity index is 1030. The van der Waals surface area contributed by atoms with Crippen molar-refractivity contribution in [3.8, 4) is 0 Å². The summed E-state index contributed by atoms with van der Waals surface area (Å²) in [5.41, 5.74) is 5.71. The molecule has 0 radical (unpaired) electrons. The lowest BCUT2D eigenvalue weighted by Gasteiger charge is -2.18. The van der Waals surface area contributed by atoms with Gasteiger partial charge in [-0.25, -0.2) is 0 Å². The first kappa shape index (κ1) is 18.0. The molecular formula is C24H22N2O2. The van der Waals surface area contributed by atoms with Crippen LogP contribution in [0.2, 0.25) is 0 Å². The third kappa shape index (κ3) is 3.81. The molecule has 0 aromatic heterocycles. The van der Waals surface area contributed by atoms with Crippen LogP contribution in [0.4, 0.5) is 5.69 Å². The van der Waals surface area contributed by atoms with E-state index < -0.39 is 0 Å². The molecule has 0 saturated carbocycles. The van der Waals surface area contributed by atoms with Gasteiger partial charge < -0.3 is 10.2 Å². The molecule has 1 aliphatic rings. The Balaban J connectivity index is 1.47.